The Morgan fingerprint density at radius 2 is 2.00 bits per heavy atom. The number of guanidine groups is 1. The summed E-state index contributed by atoms with van der Waals surface area (Å²) < 4.78 is 42.4. The van der Waals surface area contributed by atoms with Gasteiger partial charge in [-0.25, -0.2) is 0 Å². The lowest BCUT2D eigenvalue weighted by Crippen LogP contribution is -2.46. The summed E-state index contributed by atoms with van der Waals surface area (Å²) in [6.45, 7) is 5.26. The average molecular weight is 324 g/mol. The Morgan fingerprint density at radius 3 is 2.55 bits per heavy atom. The van der Waals surface area contributed by atoms with Crippen molar-refractivity contribution in [3.8, 4) is 0 Å². The molecule has 0 saturated carbocycles. The highest BCUT2D eigenvalue weighted by Gasteiger charge is 2.34. The Balaban J connectivity index is 2.30. The lowest BCUT2D eigenvalue weighted by Gasteiger charge is -2.25. The molecule has 1 saturated heterocycles. The van der Waals surface area contributed by atoms with Crippen molar-refractivity contribution < 1.29 is 17.9 Å². The first-order valence-electron chi connectivity index (χ1n) is 7.44. The van der Waals surface area contributed by atoms with E-state index >= 15 is 0 Å². The van der Waals surface area contributed by atoms with Crippen LogP contribution in [0.2, 0.25) is 0 Å². The fourth-order valence-electron chi connectivity index (χ4n) is 2.31. The van der Waals surface area contributed by atoms with E-state index in [1.807, 2.05) is 13.8 Å². The van der Waals surface area contributed by atoms with Gasteiger partial charge in [0.25, 0.3) is 0 Å². The molecule has 1 heterocycles. The van der Waals surface area contributed by atoms with Crippen LogP contribution in [-0.2, 0) is 4.74 Å². The molecule has 0 aromatic carbocycles. The van der Waals surface area contributed by atoms with Crippen molar-refractivity contribution in [2.24, 2.45) is 10.9 Å². The molecule has 2 N–H and O–H groups in total. The van der Waals surface area contributed by atoms with Crippen molar-refractivity contribution in [1.29, 1.82) is 0 Å². The number of ether oxygens (including phenoxy) is 1. The molecule has 22 heavy (non-hydrogen) atoms. The number of likely N-dealkylation sites (tertiary alicyclic amines) is 1. The summed E-state index contributed by atoms with van der Waals surface area (Å²) in [6.07, 6.45) is -3.35. The molecule has 0 amide bonds. The van der Waals surface area contributed by atoms with Gasteiger partial charge in [0.1, 0.15) is 0 Å². The monoisotopic (exact) mass is 324 g/mol. The van der Waals surface area contributed by atoms with Crippen LogP contribution in [0.1, 0.15) is 20.3 Å². The maximum absolute atomic E-state index is 12.4. The van der Waals surface area contributed by atoms with E-state index in [-0.39, 0.29) is 11.5 Å². The molecule has 1 rings (SSSR count). The minimum atomic E-state index is -4.12. The maximum Gasteiger partial charge on any atom is 0.401 e. The minimum Gasteiger partial charge on any atom is -0.377 e. The van der Waals surface area contributed by atoms with Crippen molar-refractivity contribution >= 4 is 5.96 Å². The van der Waals surface area contributed by atoms with Crippen LogP contribution < -0.4 is 10.6 Å². The first-order valence-corrected chi connectivity index (χ1v) is 7.44. The Bertz CT molecular complexity index is 372. The smallest absolute Gasteiger partial charge is 0.377 e. The van der Waals surface area contributed by atoms with Gasteiger partial charge >= 0.3 is 6.18 Å². The standard InChI is InChI=1S/C14H27F3N4O/c1-13(2,22-4)9-20-12(18-3)19-7-11-5-6-21(8-11)10-14(15,16)17/h11H,5-10H2,1-4H3,(H2,18,19,20). The molecule has 0 bridgehead atoms. The molecule has 1 unspecified atom stereocenters. The summed E-state index contributed by atoms with van der Waals surface area (Å²) in [5.74, 6) is 0.843. The van der Waals surface area contributed by atoms with Gasteiger partial charge in [-0.1, -0.05) is 0 Å². The largest absolute Gasteiger partial charge is 0.401 e. The molecule has 0 spiro atoms. The first kappa shape index (κ1) is 19.0. The number of halogens is 3. The predicted molar refractivity (Wildman–Crippen MR) is 81.1 cm³/mol. The highest BCUT2D eigenvalue weighted by Crippen LogP contribution is 2.22. The molecule has 0 aliphatic carbocycles. The summed E-state index contributed by atoms with van der Waals surface area (Å²) in [4.78, 5) is 5.57. The fraction of sp³-hybridized carbons (Fsp3) is 0.929. The Labute approximate surface area is 130 Å². The molecular weight excluding hydrogens is 297 g/mol. The number of hydrogen-bond donors (Lipinski definition) is 2. The molecule has 1 aliphatic heterocycles. The Kier molecular flexibility index (Phi) is 6.93. The number of aliphatic imine (C=N–C) groups is 1. The number of rotatable bonds is 6. The highest BCUT2D eigenvalue weighted by atomic mass is 19.4. The fourth-order valence-corrected chi connectivity index (χ4v) is 2.31. The van der Waals surface area contributed by atoms with E-state index < -0.39 is 12.7 Å². The van der Waals surface area contributed by atoms with Gasteiger partial charge in [-0.3, -0.25) is 9.89 Å². The maximum atomic E-state index is 12.4. The van der Waals surface area contributed by atoms with E-state index in [4.69, 9.17) is 4.74 Å². The zero-order valence-electron chi connectivity index (χ0n) is 13.8. The van der Waals surface area contributed by atoms with Gasteiger partial charge in [-0.05, 0) is 32.7 Å². The molecule has 0 aromatic rings. The summed E-state index contributed by atoms with van der Waals surface area (Å²) in [7, 11) is 3.31. The molecule has 130 valence electrons. The SMILES string of the molecule is CN=C(NCC1CCN(CC(F)(F)F)C1)NCC(C)(C)OC. The third-order valence-corrected chi connectivity index (χ3v) is 3.79. The van der Waals surface area contributed by atoms with Crippen molar-refractivity contribution in [1.82, 2.24) is 15.5 Å². The second kappa shape index (κ2) is 8.01. The molecule has 8 heteroatoms. The molecule has 1 atom stereocenters. The van der Waals surface area contributed by atoms with E-state index in [1.165, 1.54) is 4.90 Å². The van der Waals surface area contributed by atoms with Crippen LogP contribution in [0.3, 0.4) is 0 Å². The van der Waals surface area contributed by atoms with E-state index in [1.54, 1.807) is 14.2 Å². The normalized spacial score (nSPS) is 21.2. The highest BCUT2D eigenvalue weighted by molar-refractivity contribution is 5.79. The summed E-state index contributed by atoms with van der Waals surface area (Å²) in [5.41, 5.74) is -0.311. The van der Waals surface area contributed by atoms with Crippen LogP contribution >= 0.6 is 0 Å². The van der Waals surface area contributed by atoms with Crippen molar-refractivity contribution in [2.75, 3.05) is 46.9 Å². The van der Waals surface area contributed by atoms with E-state index in [0.29, 0.717) is 32.1 Å². The number of methoxy groups -OCH3 is 1. The lowest BCUT2D eigenvalue weighted by molar-refractivity contribution is -0.143. The summed E-state index contributed by atoms with van der Waals surface area (Å²) in [6, 6.07) is 0. The van der Waals surface area contributed by atoms with Crippen molar-refractivity contribution in [3.63, 3.8) is 0 Å². The van der Waals surface area contributed by atoms with Gasteiger partial charge in [-0.2, -0.15) is 13.2 Å². The van der Waals surface area contributed by atoms with Gasteiger partial charge in [0.05, 0.1) is 12.1 Å². The third-order valence-electron chi connectivity index (χ3n) is 3.79. The molecule has 5 nitrogen and oxygen atoms in total. The quantitative estimate of drug-likeness (QED) is 0.574. The van der Waals surface area contributed by atoms with Crippen LogP contribution in [0.25, 0.3) is 0 Å². The second-order valence-corrected chi connectivity index (χ2v) is 6.28. The van der Waals surface area contributed by atoms with Gasteiger partial charge in [0, 0.05) is 33.8 Å². The van der Waals surface area contributed by atoms with Crippen LogP contribution in [-0.4, -0.2) is 69.5 Å². The van der Waals surface area contributed by atoms with Gasteiger partial charge in [0.2, 0.25) is 0 Å². The van der Waals surface area contributed by atoms with Gasteiger partial charge < -0.3 is 15.4 Å². The van der Waals surface area contributed by atoms with Crippen LogP contribution in [0.4, 0.5) is 13.2 Å². The van der Waals surface area contributed by atoms with Crippen molar-refractivity contribution in [2.45, 2.75) is 32.0 Å². The van der Waals surface area contributed by atoms with Crippen LogP contribution in [0.15, 0.2) is 4.99 Å². The van der Waals surface area contributed by atoms with E-state index in [0.717, 1.165) is 6.42 Å². The zero-order valence-corrected chi connectivity index (χ0v) is 13.8. The van der Waals surface area contributed by atoms with E-state index in [9.17, 15) is 13.2 Å². The Hall–Kier alpha value is -1.02. The number of hydrogen-bond acceptors (Lipinski definition) is 3. The summed E-state index contributed by atoms with van der Waals surface area (Å²) in [5, 5.41) is 6.32. The van der Waals surface area contributed by atoms with Crippen LogP contribution in [0.5, 0.6) is 0 Å². The minimum absolute atomic E-state index is 0.205. The van der Waals surface area contributed by atoms with Gasteiger partial charge in [-0.15, -0.1) is 0 Å². The van der Waals surface area contributed by atoms with Crippen LogP contribution in [0, 0.1) is 5.92 Å². The van der Waals surface area contributed by atoms with E-state index in [2.05, 4.69) is 15.6 Å². The number of nitrogens with zero attached hydrogens (tertiary/aromatic N) is 2. The topological polar surface area (TPSA) is 48.9 Å². The lowest BCUT2D eigenvalue weighted by atomic mass is 10.1. The average Bonchev–Trinajstić information content (AvgIpc) is 2.84. The number of alkyl halides is 3. The zero-order chi connectivity index (χ0) is 16.8. The predicted octanol–water partition coefficient (Wildman–Crippen LogP) is 1.46. The third kappa shape index (κ3) is 7.31. The summed E-state index contributed by atoms with van der Waals surface area (Å²) >= 11 is 0. The molecule has 1 fully saturated rings. The van der Waals surface area contributed by atoms with Gasteiger partial charge in [0.15, 0.2) is 5.96 Å². The molecule has 0 radical (unpaired) electrons. The molecular formula is C14H27F3N4O. The number of nitrogens with one attached hydrogen (secondary N) is 2. The van der Waals surface area contributed by atoms with Crippen molar-refractivity contribution in [3.05, 3.63) is 0 Å². The first-order chi connectivity index (χ1) is 10.1. The molecule has 0 aromatic heterocycles. The Morgan fingerprint density at radius 1 is 1.32 bits per heavy atom. The molecule has 1 aliphatic rings. The second-order valence-electron chi connectivity index (χ2n) is 6.28.